The zero-order valence-corrected chi connectivity index (χ0v) is 16.6. The summed E-state index contributed by atoms with van der Waals surface area (Å²) in [6, 6.07) is 16.1. The van der Waals surface area contributed by atoms with Gasteiger partial charge in [-0.1, -0.05) is 18.2 Å². The number of rotatable bonds is 8. The zero-order valence-electron chi connectivity index (χ0n) is 16.6. The highest BCUT2D eigenvalue weighted by Crippen LogP contribution is 2.18. The fourth-order valence-electron chi connectivity index (χ4n) is 2.91. The third kappa shape index (κ3) is 5.42. The predicted molar refractivity (Wildman–Crippen MR) is 110 cm³/mol. The first-order valence-electron chi connectivity index (χ1n) is 9.38. The van der Waals surface area contributed by atoms with Crippen LogP contribution < -0.4 is 9.80 Å². The first kappa shape index (κ1) is 21.2. The highest BCUT2D eigenvalue weighted by atomic mass is 16.5. The van der Waals surface area contributed by atoms with Crippen LogP contribution in [0, 0.1) is 0 Å². The van der Waals surface area contributed by atoms with Crippen molar-refractivity contribution in [1.29, 1.82) is 0 Å². The van der Waals surface area contributed by atoms with Gasteiger partial charge >= 0.3 is 5.97 Å². The lowest BCUT2D eigenvalue weighted by atomic mass is 10.2. The maximum Gasteiger partial charge on any atom is 0.338 e. The van der Waals surface area contributed by atoms with Crippen molar-refractivity contribution in [1.82, 2.24) is 0 Å². The highest BCUT2D eigenvalue weighted by molar-refractivity contribution is 5.96. The Morgan fingerprint density at radius 1 is 0.857 bits per heavy atom. The van der Waals surface area contributed by atoms with Gasteiger partial charge in [-0.3, -0.25) is 9.59 Å². The third-order valence-corrected chi connectivity index (χ3v) is 4.30. The molecule has 0 saturated heterocycles. The van der Waals surface area contributed by atoms with E-state index in [0.29, 0.717) is 24.4 Å². The van der Waals surface area contributed by atoms with E-state index in [2.05, 4.69) is 0 Å². The molecule has 148 valence electrons. The van der Waals surface area contributed by atoms with Gasteiger partial charge in [-0.15, -0.1) is 0 Å². The Morgan fingerprint density at radius 3 is 2.00 bits per heavy atom. The molecule has 0 aliphatic heterocycles. The van der Waals surface area contributed by atoms with Crippen LogP contribution in [-0.2, 0) is 14.3 Å². The van der Waals surface area contributed by atoms with E-state index in [9.17, 15) is 14.4 Å². The molecule has 2 amide bonds. The van der Waals surface area contributed by atoms with Crippen molar-refractivity contribution in [3.63, 3.8) is 0 Å². The van der Waals surface area contributed by atoms with Gasteiger partial charge in [0.25, 0.3) is 0 Å². The van der Waals surface area contributed by atoms with Crippen LogP contribution in [-0.4, -0.2) is 37.5 Å². The van der Waals surface area contributed by atoms with E-state index in [1.165, 1.54) is 11.8 Å². The minimum Gasteiger partial charge on any atom is -0.462 e. The molecule has 0 heterocycles. The van der Waals surface area contributed by atoms with Gasteiger partial charge in [0, 0.05) is 37.8 Å². The molecule has 0 radical (unpaired) electrons. The van der Waals surface area contributed by atoms with Crippen LogP contribution in [0.3, 0.4) is 0 Å². The number of carbonyl (C=O) groups excluding carboxylic acids is 3. The lowest BCUT2D eigenvalue weighted by molar-refractivity contribution is -0.118. The standard InChI is InChI=1S/C22H26N2O4/c1-4-23(19-9-7-6-8-10-19)21(26)15-16-24(17(3)25)20-13-11-18(12-14-20)22(27)28-5-2/h6-14H,4-5,15-16H2,1-3H3. The van der Waals surface area contributed by atoms with Crippen molar-refractivity contribution in [2.24, 2.45) is 0 Å². The summed E-state index contributed by atoms with van der Waals surface area (Å²) in [5, 5.41) is 0. The van der Waals surface area contributed by atoms with Crippen LogP contribution in [0.25, 0.3) is 0 Å². The molecule has 0 aliphatic carbocycles. The minimum atomic E-state index is -0.403. The van der Waals surface area contributed by atoms with E-state index in [0.717, 1.165) is 5.69 Å². The van der Waals surface area contributed by atoms with Crippen LogP contribution in [0.15, 0.2) is 54.6 Å². The maximum atomic E-state index is 12.7. The van der Waals surface area contributed by atoms with Gasteiger partial charge in [0.1, 0.15) is 0 Å². The summed E-state index contributed by atoms with van der Waals surface area (Å²) < 4.78 is 4.97. The van der Waals surface area contributed by atoms with E-state index in [-0.39, 0.29) is 24.8 Å². The molecule has 0 fully saturated rings. The largest absolute Gasteiger partial charge is 0.462 e. The summed E-state index contributed by atoms with van der Waals surface area (Å²) in [4.78, 5) is 39.8. The van der Waals surface area contributed by atoms with Crippen LogP contribution >= 0.6 is 0 Å². The average molecular weight is 382 g/mol. The Morgan fingerprint density at radius 2 is 1.46 bits per heavy atom. The molecule has 0 aliphatic rings. The quantitative estimate of drug-likeness (QED) is 0.654. The maximum absolute atomic E-state index is 12.7. The summed E-state index contributed by atoms with van der Waals surface area (Å²) in [5.41, 5.74) is 1.89. The molecule has 0 atom stereocenters. The first-order valence-corrected chi connectivity index (χ1v) is 9.38. The number of ether oxygens (including phenoxy) is 1. The molecule has 0 spiro atoms. The van der Waals surface area contributed by atoms with Crippen LogP contribution in [0.4, 0.5) is 11.4 Å². The normalized spacial score (nSPS) is 10.2. The van der Waals surface area contributed by atoms with Crippen molar-refractivity contribution >= 4 is 29.2 Å². The molecule has 0 bridgehead atoms. The highest BCUT2D eigenvalue weighted by Gasteiger charge is 2.18. The molecule has 0 N–H and O–H groups in total. The summed E-state index contributed by atoms with van der Waals surface area (Å²) in [6.07, 6.45) is 0.196. The Balaban J connectivity index is 2.07. The van der Waals surface area contributed by atoms with Crippen molar-refractivity contribution in [3.8, 4) is 0 Å². The molecule has 0 aromatic heterocycles. The van der Waals surface area contributed by atoms with Gasteiger partial charge < -0.3 is 14.5 Å². The van der Waals surface area contributed by atoms with Gasteiger partial charge in [-0.25, -0.2) is 4.79 Å². The zero-order chi connectivity index (χ0) is 20.5. The molecular weight excluding hydrogens is 356 g/mol. The van der Waals surface area contributed by atoms with Gasteiger partial charge in [0.05, 0.1) is 12.2 Å². The van der Waals surface area contributed by atoms with Gasteiger partial charge in [0.2, 0.25) is 11.8 Å². The summed E-state index contributed by atoms with van der Waals surface area (Å²) in [5.74, 6) is -0.623. The smallest absolute Gasteiger partial charge is 0.338 e. The number of carbonyl (C=O) groups is 3. The molecular formula is C22H26N2O4. The van der Waals surface area contributed by atoms with Gasteiger partial charge in [-0.2, -0.15) is 0 Å². The number of hydrogen-bond acceptors (Lipinski definition) is 4. The first-order chi connectivity index (χ1) is 13.5. The Kier molecular flexibility index (Phi) is 7.75. The molecule has 28 heavy (non-hydrogen) atoms. The average Bonchev–Trinajstić information content (AvgIpc) is 2.70. The van der Waals surface area contributed by atoms with E-state index in [1.807, 2.05) is 37.3 Å². The molecule has 0 saturated carbocycles. The number of benzene rings is 2. The summed E-state index contributed by atoms with van der Waals surface area (Å²) in [7, 11) is 0. The number of anilines is 2. The second-order valence-corrected chi connectivity index (χ2v) is 6.16. The monoisotopic (exact) mass is 382 g/mol. The van der Waals surface area contributed by atoms with Crippen molar-refractivity contribution < 1.29 is 19.1 Å². The van der Waals surface area contributed by atoms with Gasteiger partial charge in [0.15, 0.2) is 0 Å². The van der Waals surface area contributed by atoms with Crippen LogP contribution in [0.5, 0.6) is 0 Å². The van der Waals surface area contributed by atoms with Gasteiger partial charge in [-0.05, 0) is 50.2 Å². The van der Waals surface area contributed by atoms with Crippen molar-refractivity contribution in [2.75, 3.05) is 29.5 Å². The Hall–Kier alpha value is -3.15. The lowest BCUT2D eigenvalue weighted by Gasteiger charge is -2.25. The molecule has 0 unspecified atom stereocenters. The Bertz CT molecular complexity index is 803. The molecule has 6 nitrogen and oxygen atoms in total. The SMILES string of the molecule is CCOC(=O)c1ccc(N(CCC(=O)N(CC)c2ccccc2)C(C)=O)cc1. The van der Waals surface area contributed by atoms with Crippen molar-refractivity contribution in [3.05, 3.63) is 60.2 Å². The second kappa shape index (κ2) is 10.3. The molecule has 2 rings (SSSR count). The Labute approximate surface area is 165 Å². The fourth-order valence-corrected chi connectivity index (χ4v) is 2.91. The molecule has 2 aromatic carbocycles. The minimum absolute atomic E-state index is 0.0527. The van der Waals surface area contributed by atoms with E-state index >= 15 is 0 Å². The number of hydrogen-bond donors (Lipinski definition) is 0. The topological polar surface area (TPSA) is 66.9 Å². The lowest BCUT2D eigenvalue weighted by Crippen LogP contribution is -2.36. The van der Waals surface area contributed by atoms with E-state index < -0.39 is 5.97 Å². The molecule has 2 aromatic rings. The summed E-state index contributed by atoms with van der Waals surface area (Å²) >= 11 is 0. The molecule has 6 heteroatoms. The number of amides is 2. The van der Waals surface area contributed by atoms with E-state index in [1.54, 1.807) is 36.1 Å². The van der Waals surface area contributed by atoms with E-state index in [4.69, 9.17) is 4.74 Å². The third-order valence-electron chi connectivity index (χ3n) is 4.30. The number of esters is 1. The number of nitrogens with zero attached hydrogens (tertiary/aromatic N) is 2. The van der Waals surface area contributed by atoms with Crippen LogP contribution in [0.2, 0.25) is 0 Å². The predicted octanol–water partition coefficient (Wildman–Crippen LogP) is 3.66. The second-order valence-electron chi connectivity index (χ2n) is 6.16. The fraction of sp³-hybridized carbons (Fsp3) is 0.318. The van der Waals surface area contributed by atoms with Crippen molar-refractivity contribution in [2.45, 2.75) is 27.2 Å². The summed E-state index contributed by atoms with van der Waals surface area (Å²) in [6.45, 7) is 6.24. The van der Waals surface area contributed by atoms with Crippen LogP contribution in [0.1, 0.15) is 37.6 Å². The number of para-hydroxylation sites is 1.